The first kappa shape index (κ1) is 14.4. The van der Waals surface area contributed by atoms with Crippen molar-refractivity contribution in [3.63, 3.8) is 0 Å². The van der Waals surface area contributed by atoms with Gasteiger partial charge in [-0.15, -0.1) is 0 Å². The summed E-state index contributed by atoms with van der Waals surface area (Å²) in [6.45, 7) is 13.5. The Kier molecular flexibility index (Phi) is 4.86. The number of anilines is 1. The van der Waals surface area contributed by atoms with Gasteiger partial charge in [0.15, 0.2) is 0 Å². The third-order valence-corrected chi connectivity index (χ3v) is 4.11. The Morgan fingerprint density at radius 2 is 2.05 bits per heavy atom. The topological polar surface area (TPSA) is 33.1 Å². The van der Waals surface area contributed by atoms with E-state index in [0.29, 0.717) is 6.04 Å². The average Bonchev–Trinajstić information content (AvgIpc) is 2.78. The molecule has 4 nitrogen and oxygen atoms in total. The molecule has 1 aromatic rings. The van der Waals surface area contributed by atoms with Crippen LogP contribution in [-0.2, 0) is 0 Å². The summed E-state index contributed by atoms with van der Waals surface area (Å²) < 4.78 is 2.23. The Morgan fingerprint density at radius 1 is 1.37 bits per heavy atom. The fraction of sp³-hybridized carbons (Fsp3) is 0.800. The van der Waals surface area contributed by atoms with Crippen LogP contribution in [0.5, 0.6) is 0 Å². The highest BCUT2D eigenvalue weighted by atomic mass is 15.2. The van der Waals surface area contributed by atoms with E-state index in [2.05, 4.69) is 53.7 Å². The van der Waals surface area contributed by atoms with Gasteiger partial charge in [0.1, 0.15) is 0 Å². The zero-order chi connectivity index (χ0) is 13.8. The summed E-state index contributed by atoms with van der Waals surface area (Å²) in [6, 6.07) is 0.464. The van der Waals surface area contributed by atoms with E-state index < -0.39 is 0 Å². The first-order valence-electron chi connectivity index (χ1n) is 7.61. The maximum absolute atomic E-state index is 4.59. The predicted octanol–water partition coefficient (Wildman–Crippen LogP) is 2.92. The molecular formula is C15H28N4. The molecule has 19 heavy (non-hydrogen) atoms. The molecule has 0 unspecified atom stereocenters. The second kappa shape index (κ2) is 6.42. The fourth-order valence-corrected chi connectivity index (χ4v) is 2.78. The minimum Gasteiger partial charge on any atom is -0.355 e. The quantitative estimate of drug-likeness (QED) is 0.887. The van der Waals surface area contributed by atoms with Crippen molar-refractivity contribution >= 4 is 5.95 Å². The maximum Gasteiger partial charge on any atom is 0.203 e. The third-order valence-electron chi connectivity index (χ3n) is 4.11. The number of likely N-dealkylation sites (tertiary alicyclic amines) is 1. The molecule has 2 heterocycles. The van der Waals surface area contributed by atoms with E-state index in [9.17, 15) is 0 Å². The highest BCUT2D eigenvalue weighted by Gasteiger charge is 2.18. The molecule has 1 aromatic heterocycles. The number of aromatic nitrogens is 2. The SMILES string of the molecule is CCN1CCC(CNc2nc(C)cn2C(C)C)CC1. The summed E-state index contributed by atoms with van der Waals surface area (Å²) in [5.41, 5.74) is 1.09. The summed E-state index contributed by atoms with van der Waals surface area (Å²) >= 11 is 0. The number of piperidine rings is 1. The van der Waals surface area contributed by atoms with Crippen LogP contribution in [-0.4, -0.2) is 40.6 Å². The van der Waals surface area contributed by atoms with Gasteiger partial charge in [0.05, 0.1) is 5.69 Å². The first-order valence-corrected chi connectivity index (χ1v) is 7.61. The van der Waals surface area contributed by atoms with E-state index in [1.54, 1.807) is 0 Å². The molecule has 0 atom stereocenters. The Hall–Kier alpha value is -1.03. The van der Waals surface area contributed by atoms with Gasteiger partial charge in [0, 0.05) is 18.8 Å². The summed E-state index contributed by atoms with van der Waals surface area (Å²) in [7, 11) is 0. The molecule has 1 N–H and O–H groups in total. The average molecular weight is 264 g/mol. The van der Waals surface area contributed by atoms with Crippen molar-refractivity contribution in [1.29, 1.82) is 0 Å². The standard InChI is InChI=1S/C15H28N4/c1-5-18-8-6-14(7-9-18)10-16-15-17-13(4)11-19(15)12(2)3/h11-12,14H,5-10H2,1-4H3,(H,16,17). The lowest BCUT2D eigenvalue weighted by Crippen LogP contribution is -2.35. The molecule has 1 aliphatic rings. The second-order valence-corrected chi connectivity index (χ2v) is 5.97. The molecule has 0 aliphatic carbocycles. The van der Waals surface area contributed by atoms with Gasteiger partial charge in [-0.25, -0.2) is 4.98 Å². The molecular weight excluding hydrogens is 236 g/mol. The second-order valence-electron chi connectivity index (χ2n) is 5.97. The minimum atomic E-state index is 0.464. The number of nitrogens with one attached hydrogen (secondary N) is 1. The third kappa shape index (κ3) is 3.72. The van der Waals surface area contributed by atoms with Crippen molar-refractivity contribution in [2.75, 3.05) is 31.5 Å². The van der Waals surface area contributed by atoms with Crippen LogP contribution >= 0.6 is 0 Å². The zero-order valence-electron chi connectivity index (χ0n) is 12.8. The van der Waals surface area contributed by atoms with Gasteiger partial charge in [-0.1, -0.05) is 6.92 Å². The van der Waals surface area contributed by atoms with Crippen LogP contribution in [0.15, 0.2) is 6.20 Å². The van der Waals surface area contributed by atoms with Gasteiger partial charge in [0.25, 0.3) is 0 Å². The van der Waals surface area contributed by atoms with Crippen LogP contribution in [0, 0.1) is 12.8 Å². The highest BCUT2D eigenvalue weighted by molar-refractivity contribution is 5.29. The van der Waals surface area contributed by atoms with Crippen LogP contribution in [0.4, 0.5) is 5.95 Å². The predicted molar refractivity (Wildman–Crippen MR) is 80.7 cm³/mol. The largest absolute Gasteiger partial charge is 0.355 e. The van der Waals surface area contributed by atoms with Gasteiger partial charge in [-0.3, -0.25) is 0 Å². The normalized spacial score (nSPS) is 18.2. The van der Waals surface area contributed by atoms with E-state index in [1.165, 1.54) is 32.5 Å². The molecule has 0 saturated carbocycles. The molecule has 0 bridgehead atoms. The molecule has 0 radical (unpaired) electrons. The van der Waals surface area contributed by atoms with Crippen molar-refractivity contribution in [3.8, 4) is 0 Å². The van der Waals surface area contributed by atoms with Gasteiger partial charge in [0.2, 0.25) is 5.95 Å². The molecule has 2 rings (SSSR count). The molecule has 0 aromatic carbocycles. The Balaban J connectivity index is 1.86. The summed E-state index contributed by atoms with van der Waals surface area (Å²) in [4.78, 5) is 7.13. The lowest BCUT2D eigenvalue weighted by Gasteiger charge is -2.31. The zero-order valence-corrected chi connectivity index (χ0v) is 12.8. The van der Waals surface area contributed by atoms with E-state index >= 15 is 0 Å². The fourth-order valence-electron chi connectivity index (χ4n) is 2.78. The van der Waals surface area contributed by atoms with Crippen LogP contribution in [0.1, 0.15) is 45.3 Å². The Morgan fingerprint density at radius 3 is 2.63 bits per heavy atom. The van der Waals surface area contributed by atoms with E-state index in [1.807, 2.05) is 0 Å². The lowest BCUT2D eigenvalue weighted by atomic mass is 9.97. The van der Waals surface area contributed by atoms with Gasteiger partial charge in [-0.05, 0) is 59.2 Å². The van der Waals surface area contributed by atoms with Crippen molar-refractivity contribution in [3.05, 3.63) is 11.9 Å². The first-order chi connectivity index (χ1) is 9.10. The summed E-state index contributed by atoms with van der Waals surface area (Å²) in [6.07, 6.45) is 4.75. The smallest absolute Gasteiger partial charge is 0.203 e. The molecule has 0 amide bonds. The van der Waals surface area contributed by atoms with Gasteiger partial charge < -0.3 is 14.8 Å². The summed E-state index contributed by atoms with van der Waals surface area (Å²) in [5, 5.41) is 3.55. The molecule has 108 valence electrons. The number of rotatable bonds is 5. The maximum atomic E-state index is 4.59. The number of hydrogen-bond donors (Lipinski definition) is 1. The highest BCUT2D eigenvalue weighted by Crippen LogP contribution is 2.19. The van der Waals surface area contributed by atoms with E-state index in [0.717, 1.165) is 24.1 Å². The van der Waals surface area contributed by atoms with Crippen LogP contribution < -0.4 is 5.32 Å². The monoisotopic (exact) mass is 264 g/mol. The van der Waals surface area contributed by atoms with Crippen LogP contribution in [0.3, 0.4) is 0 Å². The molecule has 1 aliphatic heterocycles. The molecule has 1 saturated heterocycles. The molecule has 1 fully saturated rings. The Labute approximate surface area is 117 Å². The van der Waals surface area contributed by atoms with Crippen molar-refractivity contribution in [1.82, 2.24) is 14.5 Å². The summed E-state index contributed by atoms with van der Waals surface area (Å²) in [5.74, 6) is 1.82. The number of nitrogens with zero attached hydrogens (tertiary/aromatic N) is 3. The lowest BCUT2D eigenvalue weighted by molar-refractivity contribution is 0.198. The van der Waals surface area contributed by atoms with Crippen LogP contribution in [0.25, 0.3) is 0 Å². The number of hydrogen-bond acceptors (Lipinski definition) is 3. The minimum absolute atomic E-state index is 0.464. The van der Waals surface area contributed by atoms with Crippen LogP contribution in [0.2, 0.25) is 0 Å². The number of imidazole rings is 1. The van der Waals surface area contributed by atoms with Crippen molar-refractivity contribution in [2.24, 2.45) is 5.92 Å². The number of aryl methyl sites for hydroxylation is 1. The van der Waals surface area contributed by atoms with E-state index in [-0.39, 0.29) is 0 Å². The van der Waals surface area contributed by atoms with E-state index in [4.69, 9.17) is 0 Å². The van der Waals surface area contributed by atoms with Crippen molar-refractivity contribution in [2.45, 2.75) is 46.6 Å². The molecule has 0 spiro atoms. The van der Waals surface area contributed by atoms with Gasteiger partial charge in [-0.2, -0.15) is 0 Å². The Bertz CT molecular complexity index is 389. The van der Waals surface area contributed by atoms with Crippen molar-refractivity contribution < 1.29 is 0 Å². The molecule has 4 heteroatoms. The van der Waals surface area contributed by atoms with Gasteiger partial charge >= 0.3 is 0 Å².